The molecule has 5 nitrogen and oxygen atoms in total. The molecule has 0 aromatic heterocycles. The number of rotatable bonds is 2. The molecule has 1 fully saturated rings. The summed E-state index contributed by atoms with van der Waals surface area (Å²) in [6, 6.07) is 0. The Morgan fingerprint density at radius 2 is 1.81 bits per heavy atom. The Morgan fingerprint density at radius 3 is 2.19 bits per heavy atom. The zero-order chi connectivity index (χ0) is 12.3. The van der Waals surface area contributed by atoms with E-state index in [-0.39, 0.29) is 11.9 Å². The highest BCUT2D eigenvalue weighted by atomic mass is 16.5. The summed E-state index contributed by atoms with van der Waals surface area (Å²) in [4.78, 5) is 27.0. The lowest BCUT2D eigenvalue weighted by Crippen LogP contribution is -2.60. The van der Waals surface area contributed by atoms with Crippen molar-refractivity contribution in [1.82, 2.24) is 9.80 Å². The van der Waals surface area contributed by atoms with Crippen molar-refractivity contribution in [2.75, 3.05) is 34.3 Å². The predicted octanol–water partition coefficient (Wildman–Crippen LogP) is 0.102. The van der Waals surface area contributed by atoms with Gasteiger partial charge in [-0.15, -0.1) is 0 Å². The highest BCUT2D eigenvalue weighted by Gasteiger charge is 2.46. The van der Waals surface area contributed by atoms with E-state index in [4.69, 9.17) is 4.74 Å². The molecule has 0 atom stereocenters. The normalized spacial score (nSPS) is 20.2. The molecule has 0 spiro atoms. The van der Waals surface area contributed by atoms with Gasteiger partial charge in [0, 0.05) is 27.1 Å². The van der Waals surface area contributed by atoms with Gasteiger partial charge in [-0.25, -0.2) is 4.79 Å². The largest absolute Gasteiger partial charge is 0.467 e. The van der Waals surface area contributed by atoms with Crippen LogP contribution in [0.2, 0.25) is 0 Å². The van der Waals surface area contributed by atoms with E-state index in [1.165, 1.54) is 18.9 Å². The van der Waals surface area contributed by atoms with Crippen molar-refractivity contribution in [2.24, 2.45) is 0 Å². The minimum Gasteiger partial charge on any atom is -0.467 e. The number of ether oxygens (including phenoxy) is 1. The molecule has 0 unspecified atom stereocenters. The molecule has 0 aliphatic carbocycles. The summed E-state index contributed by atoms with van der Waals surface area (Å²) in [5, 5.41) is 0. The fraction of sp³-hybridized carbons (Fsp3) is 0.818. The smallest absolute Gasteiger partial charge is 0.331 e. The minimum absolute atomic E-state index is 0.102. The van der Waals surface area contributed by atoms with Crippen molar-refractivity contribution in [3.8, 4) is 0 Å². The van der Waals surface area contributed by atoms with Crippen molar-refractivity contribution < 1.29 is 14.3 Å². The summed E-state index contributed by atoms with van der Waals surface area (Å²) >= 11 is 0. The molecule has 0 aromatic rings. The lowest BCUT2D eigenvalue weighted by atomic mass is 9.86. The van der Waals surface area contributed by atoms with Crippen LogP contribution in [0.3, 0.4) is 0 Å². The SMILES string of the molecule is COC(=O)C1(N(C)C(C)=O)CCN(C)CC1. The van der Waals surface area contributed by atoms with Gasteiger partial charge >= 0.3 is 5.97 Å². The summed E-state index contributed by atoms with van der Waals surface area (Å²) in [6.45, 7) is 3.07. The molecule has 1 saturated heterocycles. The number of amides is 1. The molecule has 0 bridgehead atoms. The first-order valence-corrected chi connectivity index (χ1v) is 5.45. The maximum absolute atomic E-state index is 11.9. The molecular formula is C11H20N2O3. The molecule has 1 amide bonds. The van der Waals surface area contributed by atoms with Crippen LogP contribution >= 0.6 is 0 Å². The lowest BCUT2D eigenvalue weighted by molar-refractivity contribution is -0.163. The predicted molar refractivity (Wildman–Crippen MR) is 59.9 cm³/mol. The Kier molecular flexibility index (Phi) is 3.91. The number of likely N-dealkylation sites (N-methyl/N-ethyl adjacent to an activating group) is 1. The van der Waals surface area contributed by atoms with Gasteiger partial charge < -0.3 is 14.5 Å². The molecule has 1 rings (SSSR count). The monoisotopic (exact) mass is 228 g/mol. The number of nitrogens with zero attached hydrogens (tertiary/aromatic N) is 2. The van der Waals surface area contributed by atoms with E-state index in [9.17, 15) is 9.59 Å². The zero-order valence-electron chi connectivity index (χ0n) is 10.4. The van der Waals surface area contributed by atoms with Gasteiger partial charge in [-0.2, -0.15) is 0 Å². The van der Waals surface area contributed by atoms with Crippen LogP contribution in [0, 0.1) is 0 Å². The van der Waals surface area contributed by atoms with Crippen LogP contribution in [-0.4, -0.2) is 61.5 Å². The Balaban J connectivity index is 2.94. The molecule has 0 radical (unpaired) electrons. The third-order valence-corrected chi connectivity index (χ3v) is 3.49. The standard InChI is InChI=1S/C11H20N2O3/c1-9(14)13(3)11(10(15)16-4)5-7-12(2)8-6-11/h5-8H2,1-4H3. The molecular weight excluding hydrogens is 208 g/mol. The van der Waals surface area contributed by atoms with E-state index < -0.39 is 5.54 Å². The molecule has 1 aliphatic rings. The van der Waals surface area contributed by atoms with Gasteiger partial charge in [0.15, 0.2) is 0 Å². The Hall–Kier alpha value is -1.10. The van der Waals surface area contributed by atoms with Gasteiger partial charge in [0.1, 0.15) is 5.54 Å². The van der Waals surface area contributed by atoms with Gasteiger partial charge in [0.2, 0.25) is 5.91 Å². The van der Waals surface area contributed by atoms with Crippen LogP contribution in [0.15, 0.2) is 0 Å². The molecule has 0 N–H and O–H groups in total. The fourth-order valence-corrected chi connectivity index (χ4v) is 2.16. The van der Waals surface area contributed by atoms with Gasteiger partial charge in [-0.3, -0.25) is 4.79 Å². The summed E-state index contributed by atoms with van der Waals surface area (Å²) in [5.74, 6) is -0.409. The number of carbonyl (C=O) groups excluding carboxylic acids is 2. The van der Waals surface area contributed by atoms with Crippen molar-refractivity contribution in [3.05, 3.63) is 0 Å². The maximum atomic E-state index is 11.9. The Labute approximate surface area is 96.3 Å². The van der Waals surface area contributed by atoms with Crippen LogP contribution in [0.25, 0.3) is 0 Å². The quantitative estimate of drug-likeness (QED) is 0.629. The number of methoxy groups -OCH3 is 1. The molecule has 5 heteroatoms. The summed E-state index contributed by atoms with van der Waals surface area (Å²) in [5.41, 5.74) is -0.771. The van der Waals surface area contributed by atoms with Gasteiger partial charge in [-0.05, 0) is 19.9 Å². The van der Waals surface area contributed by atoms with Gasteiger partial charge in [0.05, 0.1) is 7.11 Å². The molecule has 0 aromatic carbocycles. The third kappa shape index (κ3) is 2.19. The zero-order valence-corrected chi connectivity index (χ0v) is 10.4. The van der Waals surface area contributed by atoms with Crippen LogP contribution in [0.1, 0.15) is 19.8 Å². The number of hydrogen-bond acceptors (Lipinski definition) is 4. The maximum Gasteiger partial charge on any atom is 0.331 e. The van der Waals surface area contributed by atoms with Crippen LogP contribution in [0.5, 0.6) is 0 Å². The molecule has 1 heterocycles. The second-order valence-electron chi connectivity index (χ2n) is 4.40. The minimum atomic E-state index is -0.771. The summed E-state index contributed by atoms with van der Waals surface area (Å²) in [7, 11) is 5.05. The topological polar surface area (TPSA) is 49.9 Å². The molecule has 0 saturated carbocycles. The summed E-state index contributed by atoms with van der Waals surface area (Å²) < 4.78 is 4.85. The van der Waals surface area contributed by atoms with Gasteiger partial charge in [-0.1, -0.05) is 0 Å². The van der Waals surface area contributed by atoms with E-state index in [1.54, 1.807) is 7.05 Å². The van der Waals surface area contributed by atoms with Crippen molar-refractivity contribution in [3.63, 3.8) is 0 Å². The lowest BCUT2D eigenvalue weighted by Gasteiger charge is -2.43. The molecule has 1 aliphatic heterocycles. The molecule has 16 heavy (non-hydrogen) atoms. The highest BCUT2D eigenvalue weighted by molar-refractivity contribution is 5.87. The van der Waals surface area contributed by atoms with E-state index in [1.807, 2.05) is 7.05 Å². The van der Waals surface area contributed by atoms with Crippen molar-refractivity contribution in [1.29, 1.82) is 0 Å². The van der Waals surface area contributed by atoms with Crippen LogP contribution < -0.4 is 0 Å². The van der Waals surface area contributed by atoms with Crippen molar-refractivity contribution in [2.45, 2.75) is 25.3 Å². The first kappa shape index (κ1) is 13.0. The van der Waals surface area contributed by atoms with E-state index in [0.717, 1.165) is 13.1 Å². The second-order valence-corrected chi connectivity index (χ2v) is 4.40. The number of piperidine rings is 1. The van der Waals surface area contributed by atoms with E-state index >= 15 is 0 Å². The number of likely N-dealkylation sites (tertiary alicyclic amines) is 1. The molecule has 92 valence electrons. The second kappa shape index (κ2) is 4.82. The number of hydrogen-bond donors (Lipinski definition) is 0. The van der Waals surface area contributed by atoms with E-state index in [2.05, 4.69) is 4.90 Å². The number of carbonyl (C=O) groups is 2. The first-order valence-electron chi connectivity index (χ1n) is 5.45. The van der Waals surface area contributed by atoms with Crippen molar-refractivity contribution >= 4 is 11.9 Å². The average Bonchev–Trinajstić information content (AvgIpc) is 2.28. The average molecular weight is 228 g/mol. The Morgan fingerprint density at radius 1 is 1.31 bits per heavy atom. The fourth-order valence-electron chi connectivity index (χ4n) is 2.16. The Bertz CT molecular complexity index is 283. The highest BCUT2D eigenvalue weighted by Crippen LogP contribution is 2.29. The summed E-state index contributed by atoms with van der Waals surface area (Å²) in [6.07, 6.45) is 1.26. The van der Waals surface area contributed by atoms with Crippen LogP contribution in [0.4, 0.5) is 0 Å². The third-order valence-electron chi connectivity index (χ3n) is 3.49. The number of esters is 1. The van der Waals surface area contributed by atoms with Gasteiger partial charge in [0.25, 0.3) is 0 Å². The van der Waals surface area contributed by atoms with Crippen LogP contribution in [-0.2, 0) is 14.3 Å². The van der Waals surface area contributed by atoms with E-state index in [0.29, 0.717) is 12.8 Å². The first-order chi connectivity index (χ1) is 7.44.